The number of amides is 1. The van der Waals surface area contributed by atoms with E-state index in [-0.39, 0.29) is 28.1 Å². The fourth-order valence-corrected chi connectivity index (χ4v) is 2.76. The first kappa shape index (κ1) is 20.3. The number of rotatable bonds is 7. The molecule has 0 saturated heterocycles. The van der Waals surface area contributed by atoms with Gasteiger partial charge in [-0.3, -0.25) is 25.8 Å². The summed E-state index contributed by atoms with van der Waals surface area (Å²) in [5, 5.41) is 14.8. The Hall–Kier alpha value is -3.43. The molecule has 0 fully saturated rings. The predicted molar refractivity (Wildman–Crippen MR) is 110 cm³/mol. The van der Waals surface area contributed by atoms with Crippen molar-refractivity contribution in [1.82, 2.24) is 15.4 Å². The van der Waals surface area contributed by atoms with Crippen LogP contribution in [0.15, 0.2) is 54.9 Å². The number of carbonyl (C=O) groups excluding carboxylic acids is 1. The molecule has 148 valence electrons. The summed E-state index contributed by atoms with van der Waals surface area (Å²) in [6.07, 6.45) is 1.20. The van der Waals surface area contributed by atoms with Crippen molar-refractivity contribution in [1.29, 1.82) is 0 Å². The molecule has 0 aliphatic heterocycles. The molecule has 0 unspecified atom stereocenters. The summed E-state index contributed by atoms with van der Waals surface area (Å²) < 4.78 is 0. The maximum absolute atomic E-state index is 12.1. The molecule has 3 aromatic rings. The molecule has 0 atom stereocenters. The van der Waals surface area contributed by atoms with Gasteiger partial charge in [0, 0.05) is 0 Å². The van der Waals surface area contributed by atoms with Crippen molar-refractivity contribution in [3.63, 3.8) is 0 Å². The van der Waals surface area contributed by atoms with Gasteiger partial charge >= 0.3 is 5.69 Å². The van der Waals surface area contributed by atoms with Crippen molar-refractivity contribution in [3.05, 3.63) is 80.6 Å². The number of aromatic nitrogens is 2. The summed E-state index contributed by atoms with van der Waals surface area (Å²) in [6, 6.07) is 13.9. The molecule has 1 heterocycles. The van der Waals surface area contributed by atoms with Crippen molar-refractivity contribution < 1.29 is 9.72 Å². The van der Waals surface area contributed by atoms with E-state index < -0.39 is 16.5 Å². The zero-order valence-electron chi connectivity index (χ0n) is 14.7. The highest BCUT2D eigenvalue weighted by Crippen LogP contribution is 2.35. The molecule has 0 radical (unpaired) electrons. The van der Waals surface area contributed by atoms with Gasteiger partial charge in [-0.05, 0) is 17.7 Å². The van der Waals surface area contributed by atoms with Crippen LogP contribution in [0, 0.1) is 10.1 Å². The summed E-state index contributed by atoms with van der Waals surface area (Å²) in [7, 11) is 0. The van der Waals surface area contributed by atoms with Crippen LogP contribution in [-0.4, -0.2) is 20.8 Å². The first-order valence-corrected chi connectivity index (χ1v) is 9.00. The Morgan fingerprint density at radius 3 is 2.48 bits per heavy atom. The Balaban J connectivity index is 1.79. The van der Waals surface area contributed by atoms with Crippen molar-refractivity contribution in [2.24, 2.45) is 0 Å². The molecule has 0 saturated carbocycles. The smallest absolute Gasteiger partial charge is 0.333 e. The lowest BCUT2D eigenvalue weighted by molar-refractivity contribution is -0.383. The summed E-state index contributed by atoms with van der Waals surface area (Å²) in [4.78, 5) is 30.8. The number of hydrogen-bond acceptors (Lipinski definition) is 7. The van der Waals surface area contributed by atoms with Gasteiger partial charge in [-0.2, -0.15) is 0 Å². The van der Waals surface area contributed by atoms with Gasteiger partial charge in [0.2, 0.25) is 17.5 Å². The molecule has 0 aliphatic carbocycles. The molecule has 0 bridgehead atoms. The van der Waals surface area contributed by atoms with E-state index in [4.69, 9.17) is 23.2 Å². The Morgan fingerprint density at radius 2 is 1.76 bits per heavy atom. The van der Waals surface area contributed by atoms with Crippen LogP contribution in [0.25, 0.3) is 0 Å². The number of carbonyl (C=O) groups is 1. The molecular weight excluding hydrogens is 419 g/mol. The van der Waals surface area contributed by atoms with E-state index in [1.54, 1.807) is 30.3 Å². The number of halogens is 2. The Morgan fingerprint density at radius 1 is 1.03 bits per heavy atom. The Bertz CT molecular complexity index is 1050. The van der Waals surface area contributed by atoms with Gasteiger partial charge in [0.15, 0.2) is 0 Å². The summed E-state index contributed by atoms with van der Waals surface area (Å²) in [6.45, 7) is 0. The van der Waals surface area contributed by atoms with Gasteiger partial charge in [-0.25, -0.2) is 9.97 Å². The van der Waals surface area contributed by atoms with E-state index in [1.807, 2.05) is 18.2 Å². The van der Waals surface area contributed by atoms with Gasteiger partial charge in [-0.1, -0.05) is 59.6 Å². The Kier molecular flexibility index (Phi) is 6.43. The number of nitrogens with zero attached hydrogens (tertiary/aromatic N) is 3. The largest absolute Gasteiger partial charge is 0.355 e. The van der Waals surface area contributed by atoms with Gasteiger partial charge in [-0.15, -0.1) is 0 Å². The van der Waals surface area contributed by atoms with Gasteiger partial charge in [0.1, 0.15) is 6.33 Å². The van der Waals surface area contributed by atoms with Gasteiger partial charge in [0.25, 0.3) is 0 Å². The predicted octanol–water partition coefficient (Wildman–Crippen LogP) is 4.12. The number of benzene rings is 2. The average Bonchev–Trinajstić information content (AvgIpc) is 2.70. The number of nitrogens with one attached hydrogen (secondary N) is 3. The minimum atomic E-state index is -0.674. The second kappa shape index (κ2) is 9.18. The summed E-state index contributed by atoms with van der Waals surface area (Å²) in [5.74, 6) is -0.697. The van der Waals surface area contributed by atoms with Crippen LogP contribution in [0.4, 0.5) is 23.0 Å². The molecule has 11 heteroatoms. The molecule has 3 rings (SSSR count). The van der Waals surface area contributed by atoms with Crippen molar-refractivity contribution >= 4 is 52.1 Å². The Labute approximate surface area is 175 Å². The second-order valence-corrected chi connectivity index (χ2v) is 6.52. The minimum absolute atomic E-state index is 0.0932. The minimum Gasteiger partial charge on any atom is -0.333 e. The topological polar surface area (TPSA) is 122 Å². The first-order chi connectivity index (χ1) is 14.0. The fraction of sp³-hybridized carbons (Fsp3) is 0.0556. The highest BCUT2D eigenvalue weighted by molar-refractivity contribution is 6.43. The van der Waals surface area contributed by atoms with Crippen LogP contribution in [0.5, 0.6) is 0 Å². The molecule has 29 heavy (non-hydrogen) atoms. The second-order valence-electron chi connectivity index (χ2n) is 5.74. The molecule has 1 amide bonds. The summed E-state index contributed by atoms with van der Waals surface area (Å²) >= 11 is 12.1. The van der Waals surface area contributed by atoms with Crippen molar-refractivity contribution in [2.45, 2.75) is 6.42 Å². The van der Waals surface area contributed by atoms with E-state index >= 15 is 0 Å². The quantitative estimate of drug-likeness (QED) is 0.378. The zero-order chi connectivity index (χ0) is 20.8. The lowest BCUT2D eigenvalue weighted by Gasteiger charge is -2.12. The molecule has 2 aromatic carbocycles. The SMILES string of the molecule is O=C(Cc1ccccc1)NNc1ncnc(Nc2cccc(Cl)c2Cl)c1[N+](=O)[O-]. The van der Waals surface area contributed by atoms with Crippen LogP contribution in [0.3, 0.4) is 0 Å². The van der Waals surface area contributed by atoms with Gasteiger partial charge < -0.3 is 5.32 Å². The van der Waals surface area contributed by atoms with Crippen LogP contribution in [0.2, 0.25) is 10.0 Å². The van der Waals surface area contributed by atoms with Crippen LogP contribution >= 0.6 is 23.2 Å². The fourth-order valence-electron chi connectivity index (χ4n) is 2.42. The van der Waals surface area contributed by atoms with Crippen LogP contribution in [0.1, 0.15) is 5.56 Å². The van der Waals surface area contributed by atoms with Crippen molar-refractivity contribution in [3.8, 4) is 0 Å². The number of anilines is 3. The van der Waals surface area contributed by atoms with E-state index in [9.17, 15) is 14.9 Å². The standard InChI is InChI=1S/C18H14Cl2N6O3/c19-12-7-4-8-13(15(12)20)23-17-16(26(28)29)18(22-10-21-17)25-24-14(27)9-11-5-2-1-3-6-11/h1-8,10H,9H2,(H,24,27)(H2,21,22,23,25). The maximum Gasteiger partial charge on any atom is 0.355 e. The first-order valence-electron chi connectivity index (χ1n) is 8.25. The molecule has 0 spiro atoms. The molecule has 9 nitrogen and oxygen atoms in total. The highest BCUT2D eigenvalue weighted by atomic mass is 35.5. The average molecular weight is 433 g/mol. The van der Waals surface area contributed by atoms with E-state index in [0.717, 1.165) is 11.9 Å². The van der Waals surface area contributed by atoms with Crippen LogP contribution in [-0.2, 0) is 11.2 Å². The number of hydrogen-bond donors (Lipinski definition) is 3. The summed E-state index contributed by atoms with van der Waals surface area (Å²) in [5.41, 5.74) is 5.53. The third-order valence-electron chi connectivity index (χ3n) is 3.74. The lowest BCUT2D eigenvalue weighted by Crippen LogP contribution is -2.31. The zero-order valence-corrected chi connectivity index (χ0v) is 16.2. The molecular formula is C18H14Cl2N6O3. The van der Waals surface area contributed by atoms with E-state index in [2.05, 4.69) is 26.1 Å². The number of nitro groups is 1. The van der Waals surface area contributed by atoms with Gasteiger partial charge in [0.05, 0.1) is 27.1 Å². The third kappa shape index (κ3) is 5.09. The van der Waals surface area contributed by atoms with Crippen molar-refractivity contribution in [2.75, 3.05) is 10.7 Å². The van der Waals surface area contributed by atoms with E-state index in [1.165, 1.54) is 0 Å². The normalized spacial score (nSPS) is 10.3. The lowest BCUT2D eigenvalue weighted by atomic mass is 10.1. The maximum atomic E-state index is 12.1. The monoisotopic (exact) mass is 432 g/mol. The third-order valence-corrected chi connectivity index (χ3v) is 4.56. The molecule has 0 aliphatic rings. The molecule has 1 aromatic heterocycles. The number of hydrazine groups is 1. The van der Waals surface area contributed by atoms with E-state index in [0.29, 0.717) is 5.69 Å². The van der Waals surface area contributed by atoms with Crippen LogP contribution < -0.4 is 16.2 Å². The highest BCUT2D eigenvalue weighted by Gasteiger charge is 2.24. The molecule has 3 N–H and O–H groups in total.